The molecule has 0 radical (unpaired) electrons. The lowest BCUT2D eigenvalue weighted by molar-refractivity contribution is -0.552. The molecule has 0 saturated carbocycles. The topological polar surface area (TPSA) is 59.2 Å². The second-order valence-electron chi connectivity index (χ2n) is 8.06. The van der Waals surface area contributed by atoms with Crippen LogP contribution in [0, 0.1) is 5.82 Å². The highest BCUT2D eigenvalue weighted by molar-refractivity contribution is 6.23. The summed E-state index contributed by atoms with van der Waals surface area (Å²) in [5, 5.41) is 0. The molecular formula is C21H27FN5O2+. The van der Waals surface area contributed by atoms with Gasteiger partial charge in [-0.2, -0.15) is 0 Å². The number of halogens is 1. The molecule has 0 bridgehead atoms. The lowest BCUT2D eigenvalue weighted by Gasteiger charge is -2.32. The number of likely N-dealkylation sites (N-methyl/N-ethyl adjacent to an activating group) is 2. The Morgan fingerprint density at radius 1 is 1.17 bits per heavy atom. The average Bonchev–Trinajstić information content (AvgIpc) is 3.06. The van der Waals surface area contributed by atoms with Gasteiger partial charge < -0.3 is 0 Å². The van der Waals surface area contributed by atoms with E-state index in [1.54, 1.807) is 25.2 Å². The van der Waals surface area contributed by atoms with Crippen LogP contribution in [0.2, 0.25) is 0 Å². The summed E-state index contributed by atoms with van der Waals surface area (Å²) in [5.41, 5.74) is 0.503. The van der Waals surface area contributed by atoms with Gasteiger partial charge in [-0.05, 0) is 37.4 Å². The van der Waals surface area contributed by atoms with E-state index < -0.39 is 12.1 Å². The molecule has 29 heavy (non-hydrogen) atoms. The van der Waals surface area contributed by atoms with Crippen molar-refractivity contribution in [3.8, 4) is 0 Å². The molecule has 154 valence electrons. The Balaban J connectivity index is 1.73. The predicted molar refractivity (Wildman–Crippen MR) is 107 cm³/mol. The predicted octanol–water partition coefficient (Wildman–Crippen LogP) is 1.92. The molecule has 0 aromatic heterocycles. The first-order valence-corrected chi connectivity index (χ1v) is 10.1. The minimum absolute atomic E-state index is 0.226. The molecule has 1 aromatic rings. The van der Waals surface area contributed by atoms with Crippen LogP contribution in [0.1, 0.15) is 31.7 Å². The van der Waals surface area contributed by atoms with Crippen molar-refractivity contribution in [1.29, 1.82) is 0 Å². The smallest absolute Gasteiger partial charge is 0.289 e. The maximum Gasteiger partial charge on any atom is 0.333 e. The maximum absolute atomic E-state index is 14.4. The van der Waals surface area contributed by atoms with E-state index in [1.807, 2.05) is 4.58 Å². The monoisotopic (exact) mass is 400 g/mol. The molecule has 2 atom stereocenters. The van der Waals surface area contributed by atoms with Crippen molar-refractivity contribution in [1.82, 2.24) is 14.7 Å². The van der Waals surface area contributed by atoms with Gasteiger partial charge in [-0.25, -0.2) is 13.8 Å². The Morgan fingerprint density at radius 2 is 1.93 bits per heavy atom. The molecule has 3 amide bonds. The average molecular weight is 400 g/mol. The zero-order chi connectivity index (χ0) is 20.7. The number of nitrogens with zero attached hydrogens (tertiary/aromatic N) is 5. The third-order valence-electron chi connectivity index (χ3n) is 6.20. The summed E-state index contributed by atoms with van der Waals surface area (Å²) < 4.78 is 16.2. The summed E-state index contributed by atoms with van der Waals surface area (Å²) >= 11 is 0. The Morgan fingerprint density at radius 3 is 2.66 bits per heavy atom. The molecule has 4 rings (SSSR count). The third-order valence-corrected chi connectivity index (χ3v) is 6.20. The second-order valence-corrected chi connectivity index (χ2v) is 8.06. The summed E-state index contributed by atoms with van der Waals surface area (Å²) in [7, 11) is 3.11. The number of carbonyl (C=O) groups excluding carboxylic acids is 2. The minimum atomic E-state index is -0.711. The van der Waals surface area contributed by atoms with Gasteiger partial charge in [0.05, 0.1) is 0 Å². The summed E-state index contributed by atoms with van der Waals surface area (Å²) in [6.07, 6.45) is 3.47. The largest absolute Gasteiger partial charge is 0.333 e. The number of aliphatic imine (C=N–C) groups is 1. The first-order valence-electron chi connectivity index (χ1n) is 10.1. The fourth-order valence-corrected chi connectivity index (χ4v) is 4.34. The number of piperidine rings is 1. The number of benzene rings is 1. The molecule has 7 nitrogen and oxygen atoms in total. The zero-order valence-electron chi connectivity index (χ0n) is 17.1. The summed E-state index contributed by atoms with van der Waals surface area (Å²) in [6.45, 7) is 3.97. The summed E-state index contributed by atoms with van der Waals surface area (Å²) in [5.74, 6) is 0.497. The van der Waals surface area contributed by atoms with Crippen LogP contribution in [0.4, 0.5) is 9.18 Å². The minimum Gasteiger partial charge on any atom is -0.289 e. The van der Waals surface area contributed by atoms with Gasteiger partial charge in [-0.3, -0.25) is 19.5 Å². The highest BCUT2D eigenvalue weighted by atomic mass is 19.1. The fraction of sp³-hybridized carbons (Fsp3) is 0.524. The van der Waals surface area contributed by atoms with Crippen molar-refractivity contribution in [3.05, 3.63) is 35.6 Å². The Kier molecular flexibility index (Phi) is 5.21. The van der Waals surface area contributed by atoms with E-state index in [0.29, 0.717) is 29.8 Å². The van der Waals surface area contributed by atoms with Crippen LogP contribution >= 0.6 is 0 Å². The number of amidine groups is 2. The van der Waals surface area contributed by atoms with Gasteiger partial charge in [0, 0.05) is 25.7 Å². The van der Waals surface area contributed by atoms with E-state index >= 15 is 0 Å². The Labute approximate surface area is 170 Å². The van der Waals surface area contributed by atoms with E-state index in [9.17, 15) is 14.0 Å². The van der Waals surface area contributed by atoms with Crippen LogP contribution in [0.3, 0.4) is 0 Å². The van der Waals surface area contributed by atoms with Crippen LogP contribution in [-0.4, -0.2) is 82.2 Å². The van der Waals surface area contributed by atoms with E-state index in [0.717, 1.165) is 24.3 Å². The number of urea groups is 1. The quantitative estimate of drug-likeness (QED) is 0.726. The first-order chi connectivity index (χ1) is 13.9. The molecule has 2 unspecified atom stereocenters. The number of rotatable bonds is 4. The van der Waals surface area contributed by atoms with Crippen LogP contribution in [0.5, 0.6) is 0 Å². The summed E-state index contributed by atoms with van der Waals surface area (Å²) in [4.78, 5) is 35.0. The summed E-state index contributed by atoms with van der Waals surface area (Å²) in [6, 6.07) is 5.89. The molecule has 0 N–H and O–H groups in total. The highest BCUT2D eigenvalue weighted by Gasteiger charge is 2.53. The molecule has 0 spiro atoms. The number of amides is 3. The molecule has 3 aliphatic heterocycles. The third kappa shape index (κ3) is 3.46. The van der Waals surface area contributed by atoms with E-state index in [2.05, 4.69) is 11.8 Å². The SMILES string of the molecule is CC1CCCCN1CC1=[N+](Cc2ccccc2F)C2C(=O)N(C)C(=O)N(C)C2=N1. The molecule has 3 heterocycles. The van der Waals surface area contributed by atoms with Crippen LogP contribution in [0.25, 0.3) is 0 Å². The van der Waals surface area contributed by atoms with Crippen molar-refractivity contribution >= 4 is 23.6 Å². The standard InChI is InChI=1S/C21H27FN5O2/c1-14-8-6-7-11-26(14)13-17-23-19-18(20(28)25(3)21(29)24(19)2)27(17)12-15-9-4-5-10-16(15)22/h4-5,9-10,14,18H,6-8,11-13H2,1-3H3/q+1. The van der Waals surface area contributed by atoms with Crippen LogP contribution in [-0.2, 0) is 11.3 Å². The molecule has 0 aliphatic carbocycles. The lowest BCUT2D eigenvalue weighted by atomic mass is 10.0. The highest BCUT2D eigenvalue weighted by Crippen LogP contribution is 2.23. The van der Waals surface area contributed by atoms with E-state index in [-0.39, 0.29) is 18.3 Å². The van der Waals surface area contributed by atoms with Gasteiger partial charge >= 0.3 is 11.9 Å². The van der Waals surface area contributed by atoms with Gasteiger partial charge in [-0.1, -0.05) is 24.6 Å². The number of imide groups is 1. The Bertz CT molecular complexity index is 912. The molecule has 3 aliphatic rings. The number of fused-ring (bicyclic) bond motifs is 1. The van der Waals surface area contributed by atoms with Gasteiger partial charge in [0.15, 0.2) is 0 Å². The van der Waals surface area contributed by atoms with Crippen LogP contribution < -0.4 is 0 Å². The van der Waals surface area contributed by atoms with E-state index in [4.69, 9.17) is 4.99 Å². The van der Waals surface area contributed by atoms with Gasteiger partial charge in [-0.15, -0.1) is 0 Å². The maximum atomic E-state index is 14.4. The molecule has 2 fully saturated rings. The van der Waals surface area contributed by atoms with E-state index in [1.165, 1.54) is 24.4 Å². The van der Waals surface area contributed by atoms with Crippen molar-refractivity contribution in [2.45, 2.75) is 44.8 Å². The number of likely N-dealkylation sites (tertiary alicyclic amines) is 1. The molecule has 2 saturated heterocycles. The van der Waals surface area contributed by atoms with Crippen molar-refractivity contribution < 1.29 is 18.6 Å². The van der Waals surface area contributed by atoms with Gasteiger partial charge in [0.25, 0.3) is 17.8 Å². The zero-order valence-corrected chi connectivity index (χ0v) is 17.1. The number of hydrogen-bond donors (Lipinski definition) is 0. The Hall–Kier alpha value is -2.61. The van der Waals surface area contributed by atoms with Crippen LogP contribution in [0.15, 0.2) is 29.3 Å². The normalized spacial score (nSPS) is 25.6. The second kappa shape index (κ2) is 7.67. The fourth-order valence-electron chi connectivity index (χ4n) is 4.34. The number of carbonyl (C=O) groups is 2. The number of hydrogen-bond acceptors (Lipinski definition) is 4. The van der Waals surface area contributed by atoms with Gasteiger partial charge in [0.2, 0.25) is 0 Å². The molecule has 8 heteroatoms. The van der Waals surface area contributed by atoms with Gasteiger partial charge in [0.1, 0.15) is 18.9 Å². The molecule has 1 aromatic carbocycles. The van der Waals surface area contributed by atoms with Crippen molar-refractivity contribution in [2.24, 2.45) is 4.99 Å². The lowest BCUT2D eigenvalue weighted by Crippen LogP contribution is -2.61. The van der Waals surface area contributed by atoms with Crippen molar-refractivity contribution in [2.75, 3.05) is 27.2 Å². The van der Waals surface area contributed by atoms with Crippen molar-refractivity contribution in [3.63, 3.8) is 0 Å². The first kappa shape index (κ1) is 19.7. The molecular weight excluding hydrogens is 373 g/mol.